The van der Waals surface area contributed by atoms with Crippen LogP contribution in [-0.4, -0.2) is 43.1 Å². The highest BCUT2D eigenvalue weighted by atomic mass is 32.2. The molecule has 0 atom stereocenters. The van der Waals surface area contributed by atoms with Gasteiger partial charge in [0.1, 0.15) is 0 Å². The van der Waals surface area contributed by atoms with Gasteiger partial charge in [0, 0.05) is 33.9 Å². The standard InChI is InChI=1S/C8H16N4O2S/c1-11(2)15(13,14)10-5-4-8-6-9-12(3)7-8/h6-7,10H,4-5H2,1-3H3. The summed E-state index contributed by atoms with van der Waals surface area (Å²) in [6, 6.07) is 0. The molecule has 1 rings (SSSR count). The fourth-order valence-electron chi connectivity index (χ4n) is 1.05. The van der Waals surface area contributed by atoms with Crippen LogP contribution >= 0.6 is 0 Å². The molecule has 0 unspecified atom stereocenters. The van der Waals surface area contributed by atoms with E-state index >= 15 is 0 Å². The molecule has 0 saturated heterocycles. The molecule has 0 aliphatic carbocycles. The maximum absolute atomic E-state index is 11.3. The lowest BCUT2D eigenvalue weighted by Gasteiger charge is -2.11. The van der Waals surface area contributed by atoms with E-state index in [1.165, 1.54) is 14.1 Å². The van der Waals surface area contributed by atoms with Crippen LogP contribution in [0.3, 0.4) is 0 Å². The van der Waals surface area contributed by atoms with E-state index < -0.39 is 10.2 Å². The SMILES string of the molecule is CN(C)S(=O)(=O)NCCc1cnn(C)c1. The van der Waals surface area contributed by atoms with Crippen LogP contribution in [0.2, 0.25) is 0 Å². The summed E-state index contributed by atoms with van der Waals surface area (Å²) in [5.74, 6) is 0. The second-order valence-corrected chi connectivity index (χ2v) is 5.42. The van der Waals surface area contributed by atoms with Crippen LogP contribution in [0.25, 0.3) is 0 Å². The highest BCUT2D eigenvalue weighted by Gasteiger charge is 2.11. The van der Waals surface area contributed by atoms with Crippen LogP contribution in [0, 0.1) is 0 Å². The van der Waals surface area contributed by atoms with E-state index in [0.29, 0.717) is 13.0 Å². The first-order valence-corrected chi connectivity index (χ1v) is 6.00. The zero-order valence-electron chi connectivity index (χ0n) is 9.14. The summed E-state index contributed by atoms with van der Waals surface area (Å²) in [7, 11) is 1.51. The molecule has 1 N–H and O–H groups in total. The van der Waals surface area contributed by atoms with Crippen molar-refractivity contribution >= 4 is 10.2 Å². The Morgan fingerprint density at radius 2 is 2.20 bits per heavy atom. The largest absolute Gasteiger partial charge is 0.278 e. The Balaban J connectivity index is 2.40. The highest BCUT2D eigenvalue weighted by molar-refractivity contribution is 7.87. The molecule has 7 heteroatoms. The zero-order valence-corrected chi connectivity index (χ0v) is 9.95. The maximum atomic E-state index is 11.3. The fourth-order valence-corrected chi connectivity index (χ4v) is 1.67. The van der Waals surface area contributed by atoms with Gasteiger partial charge in [-0.05, 0) is 12.0 Å². The minimum Gasteiger partial charge on any atom is -0.276 e. The van der Waals surface area contributed by atoms with E-state index in [4.69, 9.17) is 0 Å². The number of aryl methyl sites for hydroxylation is 1. The van der Waals surface area contributed by atoms with E-state index in [2.05, 4.69) is 9.82 Å². The van der Waals surface area contributed by atoms with Gasteiger partial charge in [0.25, 0.3) is 10.2 Å². The molecule has 0 aromatic carbocycles. The van der Waals surface area contributed by atoms with Gasteiger partial charge in [0.15, 0.2) is 0 Å². The molecule has 1 aromatic heterocycles. The van der Waals surface area contributed by atoms with Crippen molar-refractivity contribution in [2.24, 2.45) is 7.05 Å². The first-order chi connectivity index (χ1) is 6.92. The van der Waals surface area contributed by atoms with E-state index in [0.717, 1.165) is 9.87 Å². The summed E-state index contributed by atoms with van der Waals surface area (Å²) in [5.41, 5.74) is 1.01. The zero-order chi connectivity index (χ0) is 11.5. The topological polar surface area (TPSA) is 67.2 Å². The molecule has 0 spiro atoms. The number of hydrogen-bond acceptors (Lipinski definition) is 3. The van der Waals surface area contributed by atoms with Gasteiger partial charge in [0.05, 0.1) is 6.20 Å². The molecule has 6 nitrogen and oxygen atoms in total. The van der Waals surface area contributed by atoms with Crippen molar-refractivity contribution in [2.75, 3.05) is 20.6 Å². The lowest BCUT2D eigenvalue weighted by molar-refractivity contribution is 0.506. The Morgan fingerprint density at radius 1 is 1.53 bits per heavy atom. The van der Waals surface area contributed by atoms with Gasteiger partial charge in [-0.2, -0.15) is 17.8 Å². The number of nitrogens with zero attached hydrogens (tertiary/aromatic N) is 3. The molecule has 0 radical (unpaired) electrons. The number of hydrogen-bond donors (Lipinski definition) is 1. The Morgan fingerprint density at radius 3 is 2.67 bits per heavy atom. The van der Waals surface area contributed by atoms with Crippen LogP contribution in [0.4, 0.5) is 0 Å². The fraction of sp³-hybridized carbons (Fsp3) is 0.625. The van der Waals surface area contributed by atoms with E-state index in [9.17, 15) is 8.42 Å². The summed E-state index contributed by atoms with van der Waals surface area (Å²) < 4.78 is 28.0. The monoisotopic (exact) mass is 232 g/mol. The maximum Gasteiger partial charge on any atom is 0.278 e. The second-order valence-electron chi connectivity index (χ2n) is 3.45. The number of aromatic nitrogens is 2. The summed E-state index contributed by atoms with van der Waals surface area (Å²) in [4.78, 5) is 0. The molecule has 0 amide bonds. The van der Waals surface area contributed by atoms with Gasteiger partial charge in [-0.15, -0.1) is 0 Å². The van der Waals surface area contributed by atoms with Crippen molar-refractivity contribution in [1.29, 1.82) is 0 Å². The quantitative estimate of drug-likeness (QED) is 0.734. The first kappa shape index (κ1) is 12.2. The molecular formula is C8H16N4O2S. The van der Waals surface area contributed by atoms with Crippen LogP contribution < -0.4 is 4.72 Å². The highest BCUT2D eigenvalue weighted by Crippen LogP contribution is 1.97. The van der Waals surface area contributed by atoms with Crippen molar-refractivity contribution in [3.63, 3.8) is 0 Å². The van der Waals surface area contributed by atoms with E-state index in [1.807, 2.05) is 13.2 Å². The van der Waals surface area contributed by atoms with Crippen LogP contribution in [0.5, 0.6) is 0 Å². The molecule has 0 aliphatic heterocycles. The first-order valence-electron chi connectivity index (χ1n) is 4.56. The van der Waals surface area contributed by atoms with Crippen molar-refractivity contribution < 1.29 is 8.42 Å². The average Bonchev–Trinajstić information content (AvgIpc) is 2.51. The predicted octanol–water partition coefficient (Wildman–Crippen LogP) is -0.641. The van der Waals surface area contributed by atoms with E-state index in [1.54, 1.807) is 10.9 Å². The van der Waals surface area contributed by atoms with Crippen LogP contribution in [0.15, 0.2) is 12.4 Å². The molecule has 15 heavy (non-hydrogen) atoms. The van der Waals surface area contributed by atoms with Gasteiger partial charge >= 0.3 is 0 Å². The van der Waals surface area contributed by atoms with Crippen molar-refractivity contribution in [3.05, 3.63) is 18.0 Å². The molecular weight excluding hydrogens is 216 g/mol. The average molecular weight is 232 g/mol. The van der Waals surface area contributed by atoms with Gasteiger partial charge in [0.2, 0.25) is 0 Å². The molecule has 0 fully saturated rings. The van der Waals surface area contributed by atoms with Crippen LogP contribution in [0.1, 0.15) is 5.56 Å². The number of rotatable bonds is 5. The summed E-state index contributed by atoms with van der Waals surface area (Å²) >= 11 is 0. The van der Waals surface area contributed by atoms with Gasteiger partial charge in [-0.25, -0.2) is 4.72 Å². The third-order valence-electron chi connectivity index (χ3n) is 1.94. The Labute approximate surface area is 90.1 Å². The number of nitrogens with one attached hydrogen (secondary N) is 1. The second kappa shape index (κ2) is 4.73. The molecule has 0 bridgehead atoms. The molecule has 1 heterocycles. The van der Waals surface area contributed by atoms with Gasteiger partial charge in [-0.1, -0.05) is 0 Å². The van der Waals surface area contributed by atoms with E-state index in [-0.39, 0.29) is 0 Å². The summed E-state index contributed by atoms with van der Waals surface area (Å²) in [6.07, 6.45) is 4.23. The lowest BCUT2D eigenvalue weighted by atomic mass is 10.3. The molecule has 1 aromatic rings. The normalized spacial score (nSPS) is 12.3. The summed E-state index contributed by atoms with van der Waals surface area (Å²) in [6.45, 7) is 0.381. The van der Waals surface area contributed by atoms with Gasteiger partial charge < -0.3 is 0 Å². The lowest BCUT2D eigenvalue weighted by Crippen LogP contribution is -2.36. The van der Waals surface area contributed by atoms with Crippen molar-refractivity contribution in [1.82, 2.24) is 18.8 Å². The Kier molecular flexibility index (Phi) is 3.83. The third-order valence-corrected chi connectivity index (χ3v) is 3.47. The Hall–Kier alpha value is -0.920. The smallest absolute Gasteiger partial charge is 0.276 e. The minimum absolute atomic E-state index is 0.381. The minimum atomic E-state index is -3.31. The van der Waals surface area contributed by atoms with Crippen LogP contribution in [-0.2, 0) is 23.7 Å². The van der Waals surface area contributed by atoms with Crippen molar-refractivity contribution in [3.8, 4) is 0 Å². The predicted molar refractivity (Wildman–Crippen MR) is 57.5 cm³/mol. The molecule has 0 saturated carbocycles. The van der Waals surface area contributed by atoms with Crippen molar-refractivity contribution in [2.45, 2.75) is 6.42 Å². The molecule has 86 valence electrons. The Bertz CT molecular complexity index is 410. The third kappa shape index (κ3) is 3.61. The summed E-state index contributed by atoms with van der Waals surface area (Å²) in [5, 5.41) is 4.00. The van der Waals surface area contributed by atoms with Gasteiger partial charge in [-0.3, -0.25) is 4.68 Å². The molecule has 0 aliphatic rings.